The molecule has 0 amide bonds. The molecule has 2 aromatic heterocycles. The van der Waals surface area contributed by atoms with Crippen LogP contribution < -0.4 is 10.1 Å². The van der Waals surface area contributed by atoms with Gasteiger partial charge in [-0.25, -0.2) is 9.97 Å². The summed E-state index contributed by atoms with van der Waals surface area (Å²) in [7, 11) is 1.62. The van der Waals surface area contributed by atoms with Gasteiger partial charge in [0.25, 0.3) is 0 Å². The summed E-state index contributed by atoms with van der Waals surface area (Å²) in [5, 5.41) is 12.7. The minimum atomic E-state index is -0.0981. The zero-order chi connectivity index (χ0) is 17.1. The lowest BCUT2D eigenvalue weighted by Gasteiger charge is -2.13. The highest BCUT2D eigenvalue weighted by atomic mass is 35.5. The minimum absolute atomic E-state index is 0.0981. The van der Waals surface area contributed by atoms with Gasteiger partial charge in [0.1, 0.15) is 16.7 Å². The van der Waals surface area contributed by atoms with E-state index in [9.17, 15) is 5.11 Å². The zero-order valence-corrected chi connectivity index (χ0v) is 14.1. The second kappa shape index (κ2) is 6.90. The van der Waals surface area contributed by atoms with Crippen LogP contribution in [0.2, 0.25) is 5.15 Å². The third-order valence-corrected chi connectivity index (χ3v) is 3.67. The van der Waals surface area contributed by atoms with E-state index in [4.69, 9.17) is 16.3 Å². The Morgan fingerprint density at radius 3 is 2.79 bits per heavy atom. The van der Waals surface area contributed by atoms with Gasteiger partial charge in [-0.2, -0.15) is 0 Å². The first-order valence-electron chi connectivity index (χ1n) is 7.32. The van der Waals surface area contributed by atoms with Crippen molar-refractivity contribution in [1.82, 2.24) is 14.5 Å². The van der Waals surface area contributed by atoms with Gasteiger partial charge in [0.2, 0.25) is 0 Å². The molecule has 3 aromatic rings. The van der Waals surface area contributed by atoms with Crippen molar-refractivity contribution in [2.75, 3.05) is 12.4 Å². The molecule has 0 unspecified atom stereocenters. The van der Waals surface area contributed by atoms with Crippen molar-refractivity contribution in [2.24, 2.45) is 0 Å². The molecule has 6 nitrogen and oxygen atoms in total. The number of hydrogen-bond acceptors (Lipinski definition) is 5. The monoisotopic (exact) mass is 344 g/mol. The molecule has 0 aliphatic heterocycles. The fourth-order valence-corrected chi connectivity index (χ4v) is 2.61. The Morgan fingerprint density at radius 1 is 1.29 bits per heavy atom. The number of aliphatic hydroxyl groups excluding tert-OH is 1. The smallest absolute Gasteiger partial charge is 0.144 e. The molecule has 124 valence electrons. The first kappa shape index (κ1) is 16.3. The van der Waals surface area contributed by atoms with Crippen LogP contribution in [-0.4, -0.2) is 26.8 Å². The normalized spacial score (nSPS) is 10.7. The average Bonchev–Trinajstić information content (AvgIpc) is 3.00. The zero-order valence-electron chi connectivity index (χ0n) is 13.3. The number of aryl methyl sites for hydroxylation is 1. The quantitative estimate of drug-likeness (QED) is 0.693. The molecule has 0 aliphatic carbocycles. The van der Waals surface area contributed by atoms with Gasteiger partial charge >= 0.3 is 0 Å². The van der Waals surface area contributed by atoms with Crippen LogP contribution in [0.1, 0.15) is 11.3 Å². The molecule has 1 aromatic carbocycles. The number of rotatable bonds is 5. The van der Waals surface area contributed by atoms with E-state index in [2.05, 4.69) is 15.3 Å². The number of halogens is 1. The Morgan fingerprint density at radius 2 is 2.12 bits per heavy atom. The van der Waals surface area contributed by atoms with Crippen LogP contribution in [0.25, 0.3) is 5.69 Å². The van der Waals surface area contributed by atoms with Crippen LogP contribution >= 0.6 is 11.6 Å². The van der Waals surface area contributed by atoms with E-state index in [0.717, 1.165) is 17.1 Å². The summed E-state index contributed by atoms with van der Waals surface area (Å²) in [6.45, 7) is 1.83. The Balaban J connectivity index is 1.91. The van der Waals surface area contributed by atoms with Crippen LogP contribution in [0.3, 0.4) is 0 Å². The first-order valence-corrected chi connectivity index (χ1v) is 7.70. The maximum Gasteiger partial charge on any atom is 0.144 e. The third kappa shape index (κ3) is 3.50. The van der Waals surface area contributed by atoms with Gasteiger partial charge in [0.15, 0.2) is 0 Å². The Bertz CT molecular complexity index is 864. The molecule has 0 saturated carbocycles. The number of aromatic nitrogens is 3. The SMILES string of the molecule is COc1cc(Nc2cc(CO)cc(Cl)n2)ccc1-n1cnc(C)c1. The second-order valence-electron chi connectivity index (χ2n) is 5.28. The van der Waals surface area contributed by atoms with Crippen molar-refractivity contribution in [3.63, 3.8) is 0 Å². The number of imidazole rings is 1. The number of nitrogens with one attached hydrogen (secondary N) is 1. The molecule has 0 radical (unpaired) electrons. The predicted octanol–water partition coefficient (Wildman–Crippen LogP) is 3.47. The van der Waals surface area contributed by atoms with Crippen LogP contribution in [-0.2, 0) is 6.61 Å². The van der Waals surface area contributed by atoms with Crippen LogP contribution in [0, 0.1) is 6.92 Å². The van der Waals surface area contributed by atoms with Crippen LogP contribution in [0.15, 0.2) is 42.9 Å². The number of ether oxygens (including phenoxy) is 1. The number of aliphatic hydroxyl groups is 1. The summed E-state index contributed by atoms with van der Waals surface area (Å²) in [6.07, 6.45) is 3.67. The summed E-state index contributed by atoms with van der Waals surface area (Å²) >= 11 is 5.96. The summed E-state index contributed by atoms with van der Waals surface area (Å²) in [5.41, 5.74) is 3.30. The third-order valence-electron chi connectivity index (χ3n) is 3.48. The average molecular weight is 345 g/mol. The Kier molecular flexibility index (Phi) is 4.69. The molecule has 2 N–H and O–H groups in total. The highest BCUT2D eigenvalue weighted by Crippen LogP contribution is 2.28. The Labute approximate surface area is 144 Å². The Hall–Kier alpha value is -2.57. The predicted molar refractivity (Wildman–Crippen MR) is 93.3 cm³/mol. The molecule has 0 atom stereocenters. The number of benzene rings is 1. The number of hydrogen-bond donors (Lipinski definition) is 2. The molecular weight excluding hydrogens is 328 g/mol. The van der Waals surface area contributed by atoms with E-state index < -0.39 is 0 Å². The number of nitrogens with zero attached hydrogens (tertiary/aromatic N) is 3. The standard InChI is InChI=1S/C17H17ClN4O2/c1-11-8-22(10-19-11)14-4-3-13(7-15(14)24-2)20-17-6-12(9-23)5-16(18)21-17/h3-8,10,23H,9H2,1-2H3,(H,20,21). The fraction of sp³-hybridized carbons (Fsp3) is 0.176. The number of anilines is 2. The van der Waals surface area contributed by atoms with Gasteiger partial charge in [-0.1, -0.05) is 11.6 Å². The van der Waals surface area contributed by atoms with Gasteiger partial charge in [-0.05, 0) is 36.8 Å². The number of pyridine rings is 1. The topological polar surface area (TPSA) is 72.2 Å². The summed E-state index contributed by atoms with van der Waals surface area (Å²) in [6, 6.07) is 9.07. The molecule has 2 heterocycles. The van der Waals surface area contributed by atoms with Crippen molar-refractivity contribution in [3.8, 4) is 11.4 Å². The van der Waals surface area contributed by atoms with E-state index in [0.29, 0.717) is 22.3 Å². The highest BCUT2D eigenvalue weighted by molar-refractivity contribution is 6.29. The van der Waals surface area contributed by atoms with Crippen molar-refractivity contribution in [1.29, 1.82) is 0 Å². The molecule has 0 aliphatic rings. The van der Waals surface area contributed by atoms with Gasteiger partial charge < -0.3 is 19.7 Å². The lowest BCUT2D eigenvalue weighted by atomic mass is 10.2. The van der Waals surface area contributed by atoms with Gasteiger partial charge in [-0.3, -0.25) is 0 Å². The van der Waals surface area contributed by atoms with Gasteiger partial charge in [0.05, 0.1) is 31.4 Å². The molecule has 0 spiro atoms. The molecule has 0 bridgehead atoms. The molecule has 0 saturated heterocycles. The minimum Gasteiger partial charge on any atom is -0.494 e. The summed E-state index contributed by atoms with van der Waals surface area (Å²) < 4.78 is 7.38. The lowest BCUT2D eigenvalue weighted by molar-refractivity contribution is 0.282. The molecule has 24 heavy (non-hydrogen) atoms. The molecule has 3 rings (SSSR count). The van der Waals surface area contributed by atoms with Crippen LogP contribution in [0.4, 0.5) is 11.5 Å². The van der Waals surface area contributed by atoms with Crippen molar-refractivity contribution in [2.45, 2.75) is 13.5 Å². The number of methoxy groups -OCH3 is 1. The van der Waals surface area contributed by atoms with Gasteiger partial charge in [-0.15, -0.1) is 0 Å². The van der Waals surface area contributed by atoms with Crippen LogP contribution in [0.5, 0.6) is 5.75 Å². The van der Waals surface area contributed by atoms with Crippen molar-refractivity contribution < 1.29 is 9.84 Å². The molecule has 7 heteroatoms. The van der Waals surface area contributed by atoms with Gasteiger partial charge in [0, 0.05) is 18.0 Å². The molecule has 0 fully saturated rings. The van der Waals surface area contributed by atoms with Crippen molar-refractivity contribution in [3.05, 3.63) is 59.3 Å². The first-order chi connectivity index (χ1) is 11.6. The highest BCUT2D eigenvalue weighted by Gasteiger charge is 2.08. The van der Waals surface area contributed by atoms with E-state index >= 15 is 0 Å². The summed E-state index contributed by atoms with van der Waals surface area (Å²) in [5.74, 6) is 1.25. The van der Waals surface area contributed by atoms with Crippen molar-refractivity contribution >= 4 is 23.1 Å². The van der Waals surface area contributed by atoms with E-state index in [1.165, 1.54) is 0 Å². The van der Waals surface area contributed by atoms with E-state index in [1.54, 1.807) is 25.6 Å². The largest absolute Gasteiger partial charge is 0.494 e. The lowest BCUT2D eigenvalue weighted by Crippen LogP contribution is -1.99. The summed E-state index contributed by atoms with van der Waals surface area (Å²) in [4.78, 5) is 8.43. The van der Waals surface area contributed by atoms with E-state index in [1.807, 2.05) is 35.9 Å². The molecular formula is C17H17ClN4O2. The second-order valence-corrected chi connectivity index (χ2v) is 5.66. The fourth-order valence-electron chi connectivity index (χ4n) is 2.37. The van der Waals surface area contributed by atoms with E-state index in [-0.39, 0.29) is 6.61 Å². The maximum absolute atomic E-state index is 9.26. The maximum atomic E-state index is 9.26.